The predicted molar refractivity (Wildman–Crippen MR) is 80.9 cm³/mol. The summed E-state index contributed by atoms with van der Waals surface area (Å²) in [5.74, 6) is -0.0366. The first-order chi connectivity index (χ1) is 8.44. The van der Waals surface area contributed by atoms with Crippen LogP contribution in [0.25, 0.3) is 0 Å². The van der Waals surface area contributed by atoms with Crippen molar-refractivity contribution in [3.05, 3.63) is 30.3 Å². The molecule has 18 heavy (non-hydrogen) atoms. The number of thioether (sulfide) groups is 1. The zero-order valence-electron chi connectivity index (χ0n) is 9.94. The second-order valence-electron chi connectivity index (χ2n) is 3.48. The smallest absolute Gasteiger partial charge is 0.265 e. The van der Waals surface area contributed by atoms with Crippen molar-refractivity contribution in [2.45, 2.75) is 6.92 Å². The zero-order chi connectivity index (χ0) is 13.6. The third-order valence-corrected chi connectivity index (χ3v) is 4.60. The largest absolute Gasteiger partial charge is 0.328 e. The van der Waals surface area contributed by atoms with Crippen molar-refractivity contribution >= 4 is 44.1 Å². The van der Waals surface area contributed by atoms with Gasteiger partial charge in [-0.05, 0) is 19.1 Å². The molecule has 0 aliphatic carbocycles. The van der Waals surface area contributed by atoms with Gasteiger partial charge in [-0.2, -0.15) is 8.42 Å². The first-order valence-electron chi connectivity index (χ1n) is 5.38. The molecule has 0 fully saturated rings. The van der Waals surface area contributed by atoms with Crippen molar-refractivity contribution in [1.29, 1.82) is 0 Å². The number of benzene rings is 1. The molecule has 7 heteroatoms. The van der Waals surface area contributed by atoms with Gasteiger partial charge in [-0.3, -0.25) is 4.55 Å². The molecule has 1 rings (SSSR count). The molecule has 100 valence electrons. The Hall–Kier alpha value is -0.630. The van der Waals surface area contributed by atoms with E-state index in [1.54, 1.807) is 0 Å². The molecule has 0 aromatic heterocycles. The SMILES string of the molecule is CCN(C(=S)SCCS(=O)(=O)O)c1ccccc1. The standard InChI is InChI=1S/C11H15NO3S3/c1-2-12(10-6-4-3-5-7-10)11(16)17-8-9-18(13,14)15/h3-7H,2,8-9H2,1H3,(H,13,14,15). The van der Waals surface area contributed by atoms with Gasteiger partial charge in [0.2, 0.25) is 0 Å². The summed E-state index contributed by atoms with van der Waals surface area (Å²) < 4.78 is 30.5. The zero-order valence-corrected chi connectivity index (χ0v) is 12.4. The first kappa shape index (κ1) is 15.4. The minimum Gasteiger partial charge on any atom is -0.328 e. The van der Waals surface area contributed by atoms with Crippen LogP contribution in [0.2, 0.25) is 0 Å². The molecule has 0 amide bonds. The molecular weight excluding hydrogens is 290 g/mol. The number of rotatable bonds is 5. The van der Waals surface area contributed by atoms with Gasteiger partial charge in [-0.1, -0.05) is 42.2 Å². The van der Waals surface area contributed by atoms with E-state index in [9.17, 15) is 8.42 Å². The third kappa shape index (κ3) is 5.34. The molecule has 0 unspecified atom stereocenters. The Labute approximate surface area is 117 Å². The lowest BCUT2D eigenvalue weighted by Gasteiger charge is -2.22. The summed E-state index contributed by atoms with van der Waals surface area (Å²) in [5, 5.41) is 0. The van der Waals surface area contributed by atoms with Crippen LogP contribution < -0.4 is 4.90 Å². The van der Waals surface area contributed by atoms with E-state index in [1.807, 2.05) is 42.2 Å². The molecule has 0 saturated carbocycles. The number of nitrogens with zero attached hydrogens (tertiary/aromatic N) is 1. The van der Waals surface area contributed by atoms with Crippen LogP contribution in [0.4, 0.5) is 5.69 Å². The van der Waals surface area contributed by atoms with Crippen LogP contribution in [0.5, 0.6) is 0 Å². The Kier molecular flexibility index (Phi) is 6.07. The summed E-state index contributed by atoms with van der Waals surface area (Å²) in [6.45, 7) is 2.68. The van der Waals surface area contributed by atoms with E-state index in [0.29, 0.717) is 10.9 Å². The maximum Gasteiger partial charge on any atom is 0.265 e. The molecule has 0 atom stereocenters. The van der Waals surface area contributed by atoms with Gasteiger partial charge in [0.05, 0.1) is 5.75 Å². The highest BCUT2D eigenvalue weighted by atomic mass is 32.2. The van der Waals surface area contributed by atoms with Crippen molar-refractivity contribution in [3.63, 3.8) is 0 Å². The van der Waals surface area contributed by atoms with Crippen molar-refractivity contribution in [3.8, 4) is 0 Å². The Morgan fingerprint density at radius 3 is 2.50 bits per heavy atom. The maximum absolute atomic E-state index is 10.6. The molecule has 0 aliphatic heterocycles. The second-order valence-corrected chi connectivity index (χ2v) is 6.78. The summed E-state index contributed by atoms with van der Waals surface area (Å²) in [4.78, 5) is 1.92. The Balaban J connectivity index is 2.59. The monoisotopic (exact) mass is 305 g/mol. The minimum absolute atomic E-state index is 0.251. The fourth-order valence-corrected chi connectivity index (χ4v) is 3.56. The lowest BCUT2D eigenvalue weighted by molar-refractivity contribution is 0.485. The Morgan fingerprint density at radius 1 is 1.39 bits per heavy atom. The van der Waals surface area contributed by atoms with Crippen LogP contribution >= 0.6 is 24.0 Å². The van der Waals surface area contributed by atoms with Gasteiger partial charge < -0.3 is 4.90 Å². The maximum atomic E-state index is 10.6. The third-order valence-electron chi connectivity index (χ3n) is 2.17. The lowest BCUT2D eigenvalue weighted by Crippen LogP contribution is -2.27. The van der Waals surface area contributed by atoms with E-state index >= 15 is 0 Å². The van der Waals surface area contributed by atoms with Crippen LogP contribution in [0.3, 0.4) is 0 Å². The Morgan fingerprint density at radius 2 is 2.00 bits per heavy atom. The highest BCUT2D eigenvalue weighted by Gasteiger charge is 2.12. The fraction of sp³-hybridized carbons (Fsp3) is 0.364. The molecule has 0 aliphatic rings. The molecule has 0 saturated heterocycles. The number of para-hydroxylation sites is 1. The van der Waals surface area contributed by atoms with Crippen molar-refractivity contribution in [2.24, 2.45) is 0 Å². The topological polar surface area (TPSA) is 57.6 Å². The van der Waals surface area contributed by atoms with Crippen LogP contribution in [0.15, 0.2) is 30.3 Å². The predicted octanol–water partition coefficient (Wildman–Crippen LogP) is 2.42. The molecule has 1 aromatic rings. The molecule has 4 nitrogen and oxygen atoms in total. The summed E-state index contributed by atoms with van der Waals surface area (Å²) in [5.41, 5.74) is 0.976. The quantitative estimate of drug-likeness (QED) is 0.666. The number of hydrogen-bond donors (Lipinski definition) is 1. The second kappa shape index (κ2) is 7.08. The summed E-state index contributed by atoms with van der Waals surface area (Å²) in [6, 6.07) is 9.65. The number of anilines is 1. The van der Waals surface area contributed by atoms with Crippen LogP contribution in [-0.4, -0.2) is 35.3 Å². The van der Waals surface area contributed by atoms with Crippen LogP contribution in [0, 0.1) is 0 Å². The fourth-order valence-electron chi connectivity index (χ4n) is 1.34. The molecule has 1 N–H and O–H groups in total. The van der Waals surface area contributed by atoms with E-state index in [-0.39, 0.29) is 11.5 Å². The minimum atomic E-state index is -3.92. The van der Waals surface area contributed by atoms with Crippen LogP contribution in [0.1, 0.15) is 6.92 Å². The van der Waals surface area contributed by atoms with Gasteiger partial charge >= 0.3 is 0 Å². The van der Waals surface area contributed by atoms with Gasteiger partial charge in [0, 0.05) is 18.0 Å². The molecular formula is C11H15NO3S3. The van der Waals surface area contributed by atoms with Gasteiger partial charge in [-0.25, -0.2) is 0 Å². The van der Waals surface area contributed by atoms with Crippen molar-refractivity contribution < 1.29 is 13.0 Å². The molecule has 0 heterocycles. The van der Waals surface area contributed by atoms with E-state index < -0.39 is 10.1 Å². The van der Waals surface area contributed by atoms with E-state index in [2.05, 4.69) is 0 Å². The van der Waals surface area contributed by atoms with Crippen molar-refractivity contribution in [2.75, 3.05) is 23.0 Å². The molecule has 0 radical (unpaired) electrons. The summed E-state index contributed by atoms with van der Waals surface area (Å²) in [7, 11) is -3.92. The molecule has 1 aromatic carbocycles. The normalized spacial score (nSPS) is 11.2. The van der Waals surface area contributed by atoms with Gasteiger partial charge in [-0.15, -0.1) is 0 Å². The average Bonchev–Trinajstić information content (AvgIpc) is 2.29. The highest BCUT2D eigenvalue weighted by Crippen LogP contribution is 2.19. The molecule has 0 bridgehead atoms. The molecule has 0 spiro atoms. The average molecular weight is 305 g/mol. The van der Waals surface area contributed by atoms with Gasteiger partial charge in [0.1, 0.15) is 4.32 Å². The number of thiocarbonyl (C=S) groups is 1. The first-order valence-corrected chi connectivity index (χ1v) is 8.39. The van der Waals surface area contributed by atoms with Crippen LogP contribution in [-0.2, 0) is 10.1 Å². The highest BCUT2D eigenvalue weighted by molar-refractivity contribution is 8.23. The Bertz CT molecular complexity index is 488. The number of hydrogen-bond acceptors (Lipinski definition) is 4. The van der Waals surface area contributed by atoms with Crippen molar-refractivity contribution in [1.82, 2.24) is 0 Å². The van der Waals surface area contributed by atoms with Gasteiger partial charge in [0.25, 0.3) is 10.1 Å². The lowest BCUT2D eigenvalue weighted by atomic mass is 10.3. The van der Waals surface area contributed by atoms with E-state index in [1.165, 1.54) is 11.8 Å². The van der Waals surface area contributed by atoms with E-state index in [0.717, 1.165) is 5.69 Å². The summed E-state index contributed by atoms with van der Waals surface area (Å²) >= 11 is 6.51. The summed E-state index contributed by atoms with van der Waals surface area (Å²) in [6.07, 6.45) is 0. The van der Waals surface area contributed by atoms with E-state index in [4.69, 9.17) is 16.8 Å². The van der Waals surface area contributed by atoms with Gasteiger partial charge in [0.15, 0.2) is 0 Å².